The number of fused-ring (bicyclic) bond motifs is 1. The Morgan fingerprint density at radius 2 is 2.33 bits per heavy atom. The molecule has 0 aromatic carbocycles. The molecule has 1 fully saturated rings. The minimum absolute atomic E-state index is 0.554. The Kier molecular flexibility index (Phi) is 2.24. The van der Waals surface area contributed by atoms with Gasteiger partial charge in [0.2, 0.25) is 0 Å². The molecule has 4 nitrogen and oxygen atoms in total. The van der Waals surface area contributed by atoms with E-state index in [0.717, 1.165) is 37.8 Å². The van der Waals surface area contributed by atoms with Crippen LogP contribution in [0.3, 0.4) is 0 Å². The van der Waals surface area contributed by atoms with Crippen LogP contribution < -0.4 is 5.32 Å². The second-order valence-electron chi connectivity index (χ2n) is 4.90. The van der Waals surface area contributed by atoms with Gasteiger partial charge in [0.15, 0.2) is 5.82 Å². The van der Waals surface area contributed by atoms with Crippen LogP contribution in [0.15, 0.2) is 0 Å². The molecule has 2 unspecified atom stereocenters. The number of aromatic nitrogens is 3. The van der Waals surface area contributed by atoms with Gasteiger partial charge in [0.25, 0.3) is 0 Å². The number of nitrogens with one attached hydrogen (secondary N) is 1. The van der Waals surface area contributed by atoms with Gasteiger partial charge < -0.3 is 5.32 Å². The molecular formula is C11H18N4. The Bertz CT molecular complexity index is 351. The normalized spacial score (nSPS) is 30.5. The van der Waals surface area contributed by atoms with Gasteiger partial charge in [-0.3, -0.25) is 0 Å². The van der Waals surface area contributed by atoms with Crippen LogP contribution in [0, 0.1) is 5.92 Å². The molecule has 1 aromatic rings. The molecule has 0 radical (unpaired) electrons. The highest BCUT2D eigenvalue weighted by molar-refractivity contribution is 5.04. The third-order valence-electron chi connectivity index (χ3n) is 3.54. The summed E-state index contributed by atoms with van der Waals surface area (Å²) in [5.74, 6) is 3.59. The fraction of sp³-hybridized carbons (Fsp3) is 0.818. The van der Waals surface area contributed by atoms with E-state index in [4.69, 9.17) is 0 Å². The smallest absolute Gasteiger partial charge is 0.155 e. The lowest BCUT2D eigenvalue weighted by atomic mass is 10.0. The third-order valence-corrected chi connectivity index (χ3v) is 3.54. The van der Waals surface area contributed by atoms with Crippen molar-refractivity contribution in [3.05, 3.63) is 11.6 Å². The van der Waals surface area contributed by atoms with Gasteiger partial charge >= 0.3 is 0 Å². The zero-order chi connectivity index (χ0) is 10.3. The van der Waals surface area contributed by atoms with Crippen LogP contribution in [-0.2, 0) is 13.0 Å². The summed E-state index contributed by atoms with van der Waals surface area (Å²) in [4.78, 5) is 4.68. The van der Waals surface area contributed by atoms with Crippen LogP contribution in [0.25, 0.3) is 0 Å². The topological polar surface area (TPSA) is 42.7 Å². The van der Waals surface area contributed by atoms with Crippen molar-refractivity contribution in [1.29, 1.82) is 0 Å². The quantitative estimate of drug-likeness (QED) is 0.743. The molecule has 1 N–H and O–H groups in total. The molecule has 3 heterocycles. The largest absolute Gasteiger partial charge is 0.316 e. The number of rotatable bonds is 1. The van der Waals surface area contributed by atoms with Crippen LogP contribution in [0.2, 0.25) is 0 Å². The lowest BCUT2D eigenvalue weighted by molar-refractivity contribution is 0.366. The van der Waals surface area contributed by atoms with Crippen molar-refractivity contribution >= 4 is 0 Å². The Balaban J connectivity index is 1.85. The van der Waals surface area contributed by atoms with Crippen molar-refractivity contribution in [3.8, 4) is 0 Å². The SMILES string of the molecule is CC1CCc2nc(C3CCNC3)nn2C1. The lowest BCUT2D eigenvalue weighted by Gasteiger charge is -2.17. The van der Waals surface area contributed by atoms with E-state index in [1.54, 1.807) is 0 Å². The molecule has 0 spiro atoms. The minimum Gasteiger partial charge on any atom is -0.316 e. The first-order valence-corrected chi connectivity index (χ1v) is 5.97. The van der Waals surface area contributed by atoms with Gasteiger partial charge in [0.05, 0.1) is 0 Å². The van der Waals surface area contributed by atoms with Gasteiger partial charge in [0, 0.05) is 25.4 Å². The molecule has 15 heavy (non-hydrogen) atoms. The van der Waals surface area contributed by atoms with Crippen molar-refractivity contribution in [2.75, 3.05) is 13.1 Å². The van der Waals surface area contributed by atoms with Crippen molar-refractivity contribution in [2.24, 2.45) is 5.92 Å². The van der Waals surface area contributed by atoms with Crippen molar-refractivity contribution in [3.63, 3.8) is 0 Å². The van der Waals surface area contributed by atoms with Crippen LogP contribution in [-0.4, -0.2) is 27.9 Å². The van der Waals surface area contributed by atoms with Gasteiger partial charge in [-0.1, -0.05) is 6.92 Å². The van der Waals surface area contributed by atoms with Gasteiger partial charge in [-0.05, 0) is 25.3 Å². The predicted octanol–water partition coefficient (Wildman–Crippen LogP) is 0.937. The summed E-state index contributed by atoms with van der Waals surface area (Å²) >= 11 is 0. The average molecular weight is 206 g/mol. The summed E-state index contributed by atoms with van der Waals surface area (Å²) in [6, 6.07) is 0. The lowest BCUT2D eigenvalue weighted by Crippen LogP contribution is -2.19. The van der Waals surface area contributed by atoms with Crippen molar-refractivity contribution in [2.45, 2.75) is 38.6 Å². The Labute approximate surface area is 90.1 Å². The zero-order valence-electron chi connectivity index (χ0n) is 9.24. The highest BCUT2D eigenvalue weighted by Crippen LogP contribution is 2.23. The zero-order valence-corrected chi connectivity index (χ0v) is 9.24. The van der Waals surface area contributed by atoms with E-state index in [1.165, 1.54) is 18.7 Å². The maximum Gasteiger partial charge on any atom is 0.155 e. The fourth-order valence-corrected chi connectivity index (χ4v) is 2.53. The van der Waals surface area contributed by atoms with Gasteiger partial charge in [-0.2, -0.15) is 5.10 Å². The molecule has 0 saturated carbocycles. The fourth-order valence-electron chi connectivity index (χ4n) is 2.53. The van der Waals surface area contributed by atoms with Gasteiger partial charge in [0.1, 0.15) is 5.82 Å². The second kappa shape index (κ2) is 3.59. The van der Waals surface area contributed by atoms with E-state index < -0.39 is 0 Å². The van der Waals surface area contributed by atoms with Crippen molar-refractivity contribution in [1.82, 2.24) is 20.1 Å². The molecule has 4 heteroatoms. The van der Waals surface area contributed by atoms with E-state index in [1.807, 2.05) is 0 Å². The van der Waals surface area contributed by atoms with Crippen LogP contribution in [0.4, 0.5) is 0 Å². The molecule has 3 rings (SSSR count). The number of nitrogens with zero attached hydrogens (tertiary/aromatic N) is 3. The summed E-state index contributed by atoms with van der Waals surface area (Å²) in [6.07, 6.45) is 3.56. The van der Waals surface area contributed by atoms with Crippen molar-refractivity contribution < 1.29 is 0 Å². The van der Waals surface area contributed by atoms with Gasteiger partial charge in [-0.25, -0.2) is 9.67 Å². The van der Waals surface area contributed by atoms with E-state index >= 15 is 0 Å². The Morgan fingerprint density at radius 1 is 1.40 bits per heavy atom. The molecule has 0 bridgehead atoms. The molecule has 0 amide bonds. The molecule has 2 atom stereocenters. The molecule has 1 saturated heterocycles. The van der Waals surface area contributed by atoms with Crippen LogP contribution in [0.5, 0.6) is 0 Å². The Morgan fingerprint density at radius 3 is 3.13 bits per heavy atom. The molecular weight excluding hydrogens is 188 g/mol. The average Bonchev–Trinajstić information content (AvgIpc) is 2.84. The minimum atomic E-state index is 0.554. The number of aryl methyl sites for hydroxylation is 1. The van der Waals surface area contributed by atoms with Crippen LogP contribution in [0.1, 0.15) is 37.3 Å². The Hall–Kier alpha value is -0.900. The third kappa shape index (κ3) is 1.67. The van der Waals surface area contributed by atoms with E-state index in [2.05, 4.69) is 27.0 Å². The molecule has 82 valence electrons. The summed E-state index contributed by atoms with van der Waals surface area (Å²) in [5, 5.41) is 8.02. The number of hydrogen-bond donors (Lipinski definition) is 1. The standard InChI is InChI=1S/C11H18N4/c1-8-2-3-10-13-11(14-15(10)7-8)9-4-5-12-6-9/h8-9,12H,2-7H2,1H3. The summed E-state index contributed by atoms with van der Waals surface area (Å²) < 4.78 is 2.13. The summed E-state index contributed by atoms with van der Waals surface area (Å²) in [5.41, 5.74) is 0. The highest BCUT2D eigenvalue weighted by Gasteiger charge is 2.24. The predicted molar refractivity (Wildman–Crippen MR) is 57.7 cm³/mol. The molecule has 0 aliphatic carbocycles. The molecule has 2 aliphatic rings. The summed E-state index contributed by atoms with van der Waals surface area (Å²) in [7, 11) is 0. The molecule has 2 aliphatic heterocycles. The van der Waals surface area contributed by atoms with Crippen LogP contribution >= 0.6 is 0 Å². The molecule has 1 aromatic heterocycles. The maximum atomic E-state index is 4.68. The maximum absolute atomic E-state index is 4.68. The number of hydrogen-bond acceptors (Lipinski definition) is 3. The second-order valence-corrected chi connectivity index (χ2v) is 4.90. The first-order chi connectivity index (χ1) is 7.33. The van der Waals surface area contributed by atoms with E-state index in [-0.39, 0.29) is 0 Å². The highest BCUT2D eigenvalue weighted by atomic mass is 15.4. The van der Waals surface area contributed by atoms with E-state index in [0.29, 0.717) is 5.92 Å². The summed E-state index contributed by atoms with van der Waals surface area (Å²) in [6.45, 7) is 5.52. The monoisotopic (exact) mass is 206 g/mol. The first-order valence-electron chi connectivity index (χ1n) is 5.97. The van der Waals surface area contributed by atoms with Gasteiger partial charge in [-0.15, -0.1) is 0 Å². The first kappa shape index (κ1) is 9.33. The van der Waals surface area contributed by atoms with E-state index in [9.17, 15) is 0 Å².